The van der Waals surface area contributed by atoms with Gasteiger partial charge in [-0.15, -0.1) is 0 Å². The summed E-state index contributed by atoms with van der Waals surface area (Å²) in [7, 11) is 0. The summed E-state index contributed by atoms with van der Waals surface area (Å²) in [6.07, 6.45) is 0.607. The molecule has 2 nitrogen and oxygen atoms in total. The van der Waals surface area contributed by atoms with E-state index in [1.165, 1.54) is 12.1 Å². The van der Waals surface area contributed by atoms with Crippen molar-refractivity contribution in [2.75, 3.05) is 11.9 Å². The van der Waals surface area contributed by atoms with E-state index in [0.29, 0.717) is 17.1 Å². The molecule has 0 amide bonds. The van der Waals surface area contributed by atoms with Crippen LogP contribution in [0.5, 0.6) is 0 Å². The van der Waals surface area contributed by atoms with Crippen LogP contribution in [0.25, 0.3) is 0 Å². The van der Waals surface area contributed by atoms with Gasteiger partial charge in [0.05, 0.1) is 12.1 Å². The molecule has 112 valence electrons. The molecular weight excluding hydrogens is 289 g/mol. The SMILES string of the molecule is Cc1cc(F)cc(NC(C)(CO)Cc2ccc(Cl)cc2)c1. The van der Waals surface area contributed by atoms with Crippen molar-refractivity contribution < 1.29 is 9.50 Å². The number of aliphatic hydroxyl groups is 1. The molecule has 0 aliphatic heterocycles. The van der Waals surface area contributed by atoms with E-state index in [1.807, 2.05) is 44.2 Å². The van der Waals surface area contributed by atoms with Gasteiger partial charge < -0.3 is 10.4 Å². The highest BCUT2D eigenvalue weighted by molar-refractivity contribution is 6.30. The average molecular weight is 308 g/mol. The maximum atomic E-state index is 13.5. The van der Waals surface area contributed by atoms with Crippen molar-refractivity contribution in [1.29, 1.82) is 0 Å². The van der Waals surface area contributed by atoms with Crippen LogP contribution in [0.15, 0.2) is 42.5 Å². The largest absolute Gasteiger partial charge is 0.394 e. The van der Waals surface area contributed by atoms with Gasteiger partial charge in [0.25, 0.3) is 0 Å². The molecule has 0 bridgehead atoms. The van der Waals surface area contributed by atoms with Gasteiger partial charge in [0.1, 0.15) is 5.82 Å². The Morgan fingerprint density at radius 1 is 1.19 bits per heavy atom. The molecule has 0 fully saturated rings. The molecular formula is C17H19ClFNO. The lowest BCUT2D eigenvalue weighted by Gasteiger charge is -2.30. The van der Waals surface area contributed by atoms with Gasteiger partial charge in [-0.1, -0.05) is 23.7 Å². The number of aryl methyl sites for hydroxylation is 1. The lowest BCUT2D eigenvalue weighted by molar-refractivity contribution is 0.222. The Morgan fingerprint density at radius 3 is 2.43 bits per heavy atom. The molecule has 0 saturated heterocycles. The monoisotopic (exact) mass is 307 g/mol. The second kappa shape index (κ2) is 6.46. The van der Waals surface area contributed by atoms with E-state index in [9.17, 15) is 9.50 Å². The average Bonchev–Trinajstić information content (AvgIpc) is 2.40. The fourth-order valence-electron chi connectivity index (χ4n) is 2.35. The highest BCUT2D eigenvalue weighted by atomic mass is 35.5. The molecule has 0 heterocycles. The molecule has 0 spiro atoms. The predicted molar refractivity (Wildman–Crippen MR) is 85.4 cm³/mol. The van der Waals surface area contributed by atoms with E-state index in [2.05, 4.69) is 5.32 Å². The van der Waals surface area contributed by atoms with Crippen LogP contribution in [-0.2, 0) is 6.42 Å². The van der Waals surface area contributed by atoms with Gasteiger partial charge in [-0.2, -0.15) is 0 Å². The Morgan fingerprint density at radius 2 is 1.86 bits per heavy atom. The van der Waals surface area contributed by atoms with Gasteiger partial charge in [-0.3, -0.25) is 0 Å². The number of rotatable bonds is 5. The number of hydrogen-bond acceptors (Lipinski definition) is 2. The Kier molecular flexibility index (Phi) is 4.86. The molecule has 0 aliphatic rings. The second-order valence-corrected chi connectivity index (χ2v) is 6.10. The zero-order chi connectivity index (χ0) is 15.5. The summed E-state index contributed by atoms with van der Waals surface area (Å²) in [5.74, 6) is -0.288. The molecule has 2 N–H and O–H groups in total. The summed E-state index contributed by atoms with van der Waals surface area (Å²) in [4.78, 5) is 0. The molecule has 2 rings (SSSR count). The minimum Gasteiger partial charge on any atom is -0.394 e. The van der Waals surface area contributed by atoms with E-state index in [-0.39, 0.29) is 12.4 Å². The smallest absolute Gasteiger partial charge is 0.125 e. The molecule has 21 heavy (non-hydrogen) atoms. The van der Waals surface area contributed by atoms with Gasteiger partial charge in [-0.25, -0.2) is 4.39 Å². The van der Waals surface area contributed by atoms with Gasteiger partial charge >= 0.3 is 0 Å². The van der Waals surface area contributed by atoms with Crippen molar-refractivity contribution in [1.82, 2.24) is 0 Å². The zero-order valence-electron chi connectivity index (χ0n) is 12.2. The maximum absolute atomic E-state index is 13.5. The van der Waals surface area contributed by atoms with Gasteiger partial charge in [0.15, 0.2) is 0 Å². The van der Waals surface area contributed by atoms with Gasteiger partial charge in [0, 0.05) is 10.7 Å². The van der Waals surface area contributed by atoms with Crippen LogP contribution in [0, 0.1) is 12.7 Å². The molecule has 0 radical (unpaired) electrons. The minimum atomic E-state index is -0.575. The summed E-state index contributed by atoms with van der Waals surface area (Å²) < 4.78 is 13.5. The molecule has 1 atom stereocenters. The molecule has 4 heteroatoms. The molecule has 1 unspecified atom stereocenters. The highest BCUT2D eigenvalue weighted by Gasteiger charge is 2.24. The van der Waals surface area contributed by atoms with Crippen LogP contribution >= 0.6 is 11.6 Å². The summed E-state index contributed by atoms with van der Waals surface area (Å²) in [6, 6.07) is 12.3. The summed E-state index contributed by atoms with van der Waals surface area (Å²) in [6.45, 7) is 3.68. The third-order valence-corrected chi connectivity index (χ3v) is 3.60. The van der Waals surface area contributed by atoms with Crippen LogP contribution in [0.4, 0.5) is 10.1 Å². The summed E-state index contributed by atoms with van der Waals surface area (Å²) in [5.41, 5.74) is 1.98. The molecule has 2 aromatic carbocycles. The van der Waals surface area contributed by atoms with Crippen LogP contribution in [-0.4, -0.2) is 17.3 Å². The van der Waals surface area contributed by atoms with Crippen molar-refractivity contribution in [3.05, 3.63) is 64.4 Å². The van der Waals surface area contributed by atoms with E-state index < -0.39 is 5.54 Å². The molecule has 0 aliphatic carbocycles. The predicted octanol–water partition coefficient (Wildman–Crippen LogP) is 4.19. The quantitative estimate of drug-likeness (QED) is 0.868. The first kappa shape index (κ1) is 15.8. The first-order chi connectivity index (χ1) is 9.90. The number of anilines is 1. The lowest BCUT2D eigenvalue weighted by atomic mass is 9.93. The fraction of sp³-hybridized carbons (Fsp3) is 0.294. The molecule has 2 aromatic rings. The van der Waals surface area contributed by atoms with E-state index in [4.69, 9.17) is 11.6 Å². The fourth-order valence-corrected chi connectivity index (χ4v) is 2.48. The molecule has 0 aromatic heterocycles. The first-order valence-corrected chi connectivity index (χ1v) is 7.19. The topological polar surface area (TPSA) is 32.3 Å². The molecule has 0 saturated carbocycles. The third-order valence-electron chi connectivity index (χ3n) is 3.34. The number of nitrogens with one attached hydrogen (secondary N) is 1. The normalized spacial score (nSPS) is 13.8. The third kappa shape index (κ3) is 4.45. The van der Waals surface area contributed by atoms with Crippen LogP contribution < -0.4 is 5.32 Å². The van der Waals surface area contributed by atoms with Gasteiger partial charge in [0.2, 0.25) is 0 Å². The van der Waals surface area contributed by atoms with Crippen molar-refractivity contribution >= 4 is 17.3 Å². The first-order valence-electron chi connectivity index (χ1n) is 6.81. The Labute approximate surface area is 129 Å². The van der Waals surface area contributed by atoms with E-state index in [1.54, 1.807) is 0 Å². The number of benzene rings is 2. The van der Waals surface area contributed by atoms with Crippen molar-refractivity contribution in [3.8, 4) is 0 Å². The van der Waals surface area contributed by atoms with Crippen molar-refractivity contribution in [2.24, 2.45) is 0 Å². The second-order valence-electron chi connectivity index (χ2n) is 5.66. The Bertz CT molecular complexity index is 594. The Hall–Kier alpha value is -1.58. The minimum absolute atomic E-state index is 0.0643. The number of aliphatic hydroxyl groups excluding tert-OH is 1. The zero-order valence-corrected chi connectivity index (χ0v) is 12.9. The standard InChI is InChI=1S/C17H19ClFNO/c1-12-7-15(19)9-16(8-12)20-17(2,11-21)10-13-3-5-14(18)6-4-13/h3-9,20-21H,10-11H2,1-2H3. The summed E-state index contributed by atoms with van der Waals surface area (Å²) in [5, 5.41) is 13.6. The van der Waals surface area contributed by atoms with Crippen molar-refractivity contribution in [3.63, 3.8) is 0 Å². The van der Waals surface area contributed by atoms with E-state index >= 15 is 0 Å². The number of halogens is 2. The van der Waals surface area contributed by atoms with Crippen LogP contribution in [0.3, 0.4) is 0 Å². The maximum Gasteiger partial charge on any atom is 0.125 e. The van der Waals surface area contributed by atoms with Crippen LogP contribution in [0.1, 0.15) is 18.1 Å². The van der Waals surface area contributed by atoms with E-state index in [0.717, 1.165) is 11.1 Å². The lowest BCUT2D eigenvalue weighted by Crippen LogP contribution is -2.41. The van der Waals surface area contributed by atoms with Crippen LogP contribution in [0.2, 0.25) is 5.02 Å². The highest BCUT2D eigenvalue weighted by Crippen LogP contribution is 2.22. The summed E-state index contributed by atoms with van der Waals surface area (Å²) >= 11 is 5.87. The number of hydrogen-bond donors (Lipinski definition) is 2. The van der Waals surface area contributed by atoms with Crippen molar-refractivity contribution in [2.45, 2.75) is 25.8 Å². The Balaban J connectivity index is 2.18. The van der Waals surface area contributed by atoms with Gasteiger partial charge in [-0.05, 0) is 61.7 Å².